The Kier molecular flexibility index (Phi) is 4.62. The van der Waals surface area contributed by atoms with Crippen molar-refractivity contribution in [3.05, 3.63) is 21.6 Å². The molecule has 0 amide bonds. The zero-order valence-electron chi connectivity index (χ0n) is 8.74. The highest BCUT2D eigenvalue weighted by atomic mass is 35.5. The number of rotatable bonds is 5. The van der Waals surface area contributed by atoms with Gasteiger partial charge in [0.2, 0.25) is 0 Å². The summed E-state index contributed by atoms with van der Waals surface area (Å²) in [5.74, 6) is -0.258. The van der Waals surface area contributed by atoms with Crippen LogP contribution in [-0.4, -0.2) is 14.9 Å². The number of nitrogens with zero attached hydrogens (tertiary/aromatic N) is 2. The zero-order chi connectivity index (χ0) is 11.3. The highest BCUT2D eigenvalue weighted by Crippen LogP contribution is 2.15. The van der Waals surface area contributed by atoms with E-state index < -0.39 is 5.56 Å². The van der Waals surface area contributed by atoms with E-state index in [2.05, 4.69) is 12.0 Å². The van der Waals surface area contributed by atoms with Crippen molar-refractivity contribution in [3.63, 3.8) is 0 Å². The Morgan fingerprint density at radius 1 is 1.47 bits per heavy atom. The molecule has 84 valence electrons. The van der Waals surface area contributed by atoms with Crippen molar-refractivity contribution in [2.45, 2.75) is 39.2 Å². The van der Waals surface area contributed by atoms with Crippen molar-refractivity contribution in [2.75, 3.05) is 0 Å². The van der Waals surface area contributed by atoms with Crippen molar-refractivity contribution >= 4 is 11.6 Å². The van der Waals surface area contributed by atoms with E-state index >= 15 is 0 Å². The van der Waals surface area contributed by atoms with Gasteiger partial charge >= 0.3 is 0 Å². The summed E-state index contributed by atoms with van der Waals surface area (Å²) < 4.78 is 1.29. The van der Waals surface area contributed by atoms with Crippen LogP contribution in [0.1, 0.15) is 32.6 Å². The molecule has 1 rings (SSSR count). The molecule has 0 aliphatic rings. The second-order valence-electron chi connectivity index (χ2n) is 3.43. The molecule has 0 aliphatic heterocycles. The van der Waals surface area contributed by atoms with Gasteiger partial charge in [-0.3, -0.25) is 4.79 Å². The molecule has 0 saturated heterocycles. The first-order chi connectivity index (χ1) is 7.16. The van der Waals surface area contributed by atoms with E-state index in [0.29, 0.717) is 6.54 Å². The molecule has 0 bridgehead atoms. The van der Waals surface area contributed by atoms with Crippen LogP contribution in [-0.2, 0) is 6.54 Å². The predicted octanol–water partition coefficient (Wildman–Crippen LogP) is 2.18. The molecule has 0 spiro atoms. The lowest BCUT2D eigenvalue weighted by Gasteiger charge is -2.04. The summed E-state index contributed by atoms with van der Waals surface area (Å²) in [5, 5.41) is 12.8. The van der Waals surface area contributed by atoms with Gasteiger partial charge in [-0.25, -0.2) is 4.68 Å². The molecule has 1 aromatic heterocycles. The number of hydrogen-bond donors (Lipinski definition) is 1. The van der Waals surface area contributed by atoms with Crippen LogP contribution in [0.4, 0.5) is 0 Å². The molecule has 0 aromatic carbocycles. The summed E-state index contributed by atoms with van der Waals surface area (Å²) in [6.45, 7) is 2.68. The van der Waals surface area contributed by atoms with E-state index in [1.165, 1.54) is 10.9 Å². The van der Waals surface area contributed by atoms with Gasteiger partial charge in [-0.2, -0.15) is 5.10 Å². The zero-order valence-corrected chi connectivity index (χ0v) is 9.50. The molecular weight excluding hydrogens is 216 g/mol. The van der Waals surface area contributed by atoms with Crippen molar-refractivity contribution < 1.29 is 5.11 Å². The maximum absolute atomic E-state index is 11.5. The fraction of sp³-hybridized carbons (Fsp3) is 0.600. The Labute approximate surface area is 93.5 Å². The molecule has 5 heteroatoms. The third-order valence-electron chi connectivity index (χ3n) is 2.19. The molecule has 1 aromatic rings. The minimum atomic E-state index is -0.423. The van der Waals surface area contributed by atoms with Crippen LogP contribution in [0.5, 0.6) is 5.75 Å². The van der Waals surface area contributed by atoms with Crippen molar-refractivity contribution in [3.8, 4) is 5.75 Å². The summed E-state index contributed by atoms with van der Waals surface area (Å²) in [5.41, 5.74) is -0.423. The van der Waals surface area contributed by atoms with Gasteiger partial charge in [0, 0.05) is 6.54 Å². The maximum Gasteiger partial charge on any atom is 0.289 e. The molecule has 0 saturated carbocycles. The molecule has 0 atom stereocenters. The van der Waals surface area contributed by atoms with Crippen LogP contribution in [0.15, 0.2) is 11.0 Å². The lowest BCUT2D eigenvalue weighted by atomic mass is 10.2. The summed E-state index contributed by atoms with van der Waals surface area (Å²) >= 11 is 5.60. The Bertz CT molecular complexity index is 376. The average molecular weight is 231 g/mol. The van der Waals surface area contributed by atoms with Crippen molar-refractivity contribution in [2.24, 2.45) is 0 Å². The SMILES string of the molecule is CCCCCCn1ncc(O)c(Cl)c1=O. The third-order valence-corrected chi connectivity index (χ3v) is 2.55. The first-order valence-electron chi connectivity index (χ1n) is 5.11. The fourth-order valence-corrected chi connectivity index (χ4v) is 1.45. The monoisotopic (exact) mass is 230 g/mol. The average Bonchev–Trinajstić information content (AvgIpc) is 2.24. The van der Waals surface area contributed by atoms with Gasteiger partial charge in [0.05, 0.1) is 6.20 Å². The summed E-state index contributed by atoms with van der Waals surface area (Å²) in [6.07, 6.45) is 5.48. The van der Waals surface area contributed by atoms with Crippen LogP contribution >= 0.6 is 11.6 Å². The largest absolute Gasteiger partial charge is 0.505 e. The van der Waals surface area contributed by atoms with E-state index in [9.17, 15) is 4.79 Å². The molecule has 1 N–H and O–H groups in total. The number of halogens is 1. The molecule has 0 unspecified atom stereocenters. The Hall–Kier alpha value is -1.03. The van der Waals surface area contributed by atoms with Gasteiger partial charge in [-0.05, 0) is 6.42 Å². The number of hydrogen-bond acceptors (Lipinski definition) is 3. The molecule has 1 heterocycles. The summed E-state index contributed by atoms with van der Waals surface area (Å²) in [7, 11) is 0. The van der Waals surface area contributed by atoms with Gasteiger partial charge in [-0.1, -0.05) is 37.8 Å². The maximum atomic E-state index is 11.5. The highest BCUT2D eigenvalue weighted by Gasteiger charge is 2.06. The van der Waals surface area contributed by atoms with Gasteiger partial charge in [-0.15, -0.1) is 0 Å². The van der Waals surface area contributed by atoms with E-state index in [-0.39, 0.29) is 10.8 Å². The van der Waals surface area contributed by atoms with Crippen LogP contribution in [0.3, 0.4) is 0 Å². The molecule has 0 aliphatic carbocycles. The Morgan fingerprint density at radius 3 is 2.87 bits per heavy atom. The normalized spacial score (nSPS) is 10.5. The quantitative estimate of drug-likeness (QED) is 0.789. The second-order valence-corrected chi connectivity index (χ2v) is 3.81. The fourth-order valence-electron chi connectivity index (χ4n) is 1.30. The van der Waals surface area contributed by atoms with Crippen LogP contribution in [0.2, 0.25) is 5.02 Å². The van der Waals surface area contributed by atoms with Crippen molar-refractivity contribution in [1.82, 2.24) is 9.78 Å². The third kappa shape index (κ3) is 3.23. The highest BCUT2D eigenvalue weighted by molar-refractivity contribution is 6.31. The molecule has 15 heavy (non-hydrogen) atoms. The second kappa shape index (κ2) is 5.75. The standard InChI is InChI=1S/C10H15ClN2O2/c1-2-3-4-5-6-13-10(15)9(11)8(14)7-12-13/h7,14H,2-6H2,1H3. The number of aromatic nitrogens is 2. The molecule has 0 fully saturated rings. The Balaban J connectivity index is 2.63. The van der Waals surface area contributed by atoms with Crippen LogP contribution in [0.25, 0.3) is 0 Å². The van der Waals surface area contributed by atoms with Gasteiger partial charge in [0.25, 0.3) is 5.56 Å². The van der Waals surface area contributed by atoms with E-state index in [0.717, 1.165) is 25.7 Å². The summed E-state index contributed by atoms with van der Waals surface area (Å²) in [4.78, 5) is 11.5. The van der Waals surface area contributed by atoms with Crippen molar-refractivity contribution in [1.29, 1.82) is 0 Å². The van der Waals surface area contributed by atoms with E-state index in [1.54, 1.807) is 0 Å². The number of aryl methyl sites for hydroxylation is 1. The Morgan fingerprint density at radius 2 is 2.20 bits per heavy atom. The van der Waals surface area contributed by atoms with Gasteiger partial charge < -0.3 is 5.11 Å². The van der Waals surface area contributed by atoms with Crippen LogP contribution < -0.4 is 5.56 Å². The minimum absolute atomic E-state index is 0.152. The summed E-state index contributed by atoms with van der Waals surface area (Å²) in [6, 6.07) is 0. The predicted molar refractivity (Wildman–Crippen MR) is 59.3 cm³/mol. The molecule has 0 radical (unpaired) electrons. The first-order valence-corrected chi connectivity index (χ1v) is 5.49. The smallest absolute Gasteiger partial charge is 0.289 e. The van der Waals surface area contributed by atoms with E-state index in [4.69, 9.17) is 16.7 Å². The molecule has 4 nitrogen and oxygen atoms in total. The topological polar surface area (TPSA) is 55.1 Å². The first kappa shape index (κ1) is 12.0. The molecular formula is C10H15ClN2O2. The minimum Gasteiger partial charge on any atom is -0.505 e. The lowest BCUT2D eigenvalue weighted by molar-refractivity contribution is 0.454. The van der Waals surface area contributed by atoms with E-state index in [1.807, 2.05) is 0 Å². The van der Waals surface area contributed by atoms with Gasteiger partial charge in [0.1, 0.15) is 0 Å². The van der Waals surface area contributed by atoms with Crippen LogP contribution in [0, 0.1) is 0 Å². The lowest BCUT2D eigenvalue weighted by Crippen LogP contribution is -2.22. The van der Waals surface area contributed by atoms with Gasteiger partial charge in [0.15, 0.2) is 10.8 Å². The number of unbranched alkanes of at least 4 members (excludes halogenated alkanes) is 3. The number of aromatic hydroxyl groups is 1.